The number of amides is 1. The highest BCUT2D eigenvalue weighted by atomic mass is 16.2. The zero-order valence-corrected chi connectivity index (χ0v) is 7.45. The second-order valence-corrected chi connectivity index (χ2v) is 2.74. The summed E-state index contributed by atoms with van der Waals surface area (Å²) in [6.07, 6.45) is 1.68. The lowest BCUT2D eigenvalue weighted by Gasteiger charge is -2.10. The van der Waals surface area contributed by atoms with Crippen molar-refractivity contribution in [1.82, 2.24) is 10.6 Å². The summed E-state index contributed by atoms with van der Waals surface area (Å²) in [7, 11) is 0. The normalized spacial score (nSPS) is 18.9. The molecule has 0 aliphatic carbocycles. The van der Waals surface area contributed by atoms with Crippen molar-refractivity contribution in [3.8, 4) is 0 Å². The van der Waals surface area contributed by atoms with Crippen LogP contribution in [0.25, 0.3) is 0 Å². The molecule has 2 aliphatic heterocycles. The van der Waals surface area contributed by atoms with Crippen LogP contribution in [-0.2, 0) is 4.79 Å². The van der Waals surface area contributed by atoms with Gasteiger partial charge in [-0.1, -0.05) is 6.08 Å². The molecule has 0 aromatic rings. The highest BCUT2D eigenvalue weighted by molar-refractivity contribution is 6.23. The fraction of sp³-hybridized carbons (Fsp3) is 0.250. The second kappa shape index (κ2) is 3.41. The lowest BCUT2D eigenvalue weighted by Crippen LogP contribution is -2.34. The molecule has 0 aromatic carbocycles. The van der Waals surface area contributed by atoms with E-state index in [1.807, 2.05) is 0 Å². The van der Waals surface area contributed by atoms with Crippen LogP contribution < -0.4 is 10.6 Å². The molecule has 0 saturated carbocycles. The molecule has 2 heterocycles. The minimum atomic E-state index is -0.188. The summed E-state index contributed by atoms with van der Waals surface area (Å²) in [5, 5.41) is 13.1. The van der Waals surface area contributed by atoms with Crippen molar-refractivity contribution in [1.29, 1.82) is 0 Å². The number of nitrogens with zero attached hydrogens (tertiary/aromatic N) is 3. The maximum absolute atomic E-state index is 11.4. The average Bonchev–Trinajstić information content (AvgIpc) is 2.59. The topological polar surface area (TPSA) is 78.2 Å². The van der Waals surface area contributed by atoms with E-state index in [4.69, 9.17) is 0 Å². The first-order valence-electron chi connectivity index (χ1n) is 4.16. The first-order chi connectivity index (χ1) is 6.83. The van der Waals surface area contributed by atoms with Crippen LogP contribution in [0.2, 0.25) is 0 Å². The molecule has 72 valence electrons. The minimum Gasteiger partial charge on any atom is -0.364 e. The number of carbonyl (C=O) groups is 1. The van der Waals surface area contributed by atoms with Gasteiger partial charge in [0.15, 0.2) is 11.7 Å². The zero-order valence-electron chi connectivity index (χ0n) is 7.45. The number of carbonyl (C=O) groups excluding carboxylic acids is 1. The summed E-state index contributed by atoms with van der Waals surface area (Å²) in [5.41, 5.74) is 0.415. The summed E-state index contributed by atoms with van der Waals surface area (Å²) in [6.45, 7) is 4.37. The molecule has 2 aliphatic rings. The quantitative estimate of drug-likeness (QED) is 0.612. The van der Waals surface area contributed by atoms with Crippen molar-refractivity contribution in [3.05, 3.63) is 24.0 Å². The van der Waals surface area contributed by atoms with E-state index in [0.29, 0.717) is 23.8 Å². The lowest BCUT2D eigenvalue weighted by molar-refractivity contribution is -0.117. The van der Waals surface area contributed by atoms with Crippen LogP contribution in [0.1, 0.15) is 0 Å². The fourth-order valence-electron chi connectivity index (χ4n) is 1.19. The van der Waals surface area contributed by atoms with Gasteiger partial charge in [0.05, 0.1) is 0 Å². The van der Waals surface area contributed by atoms with Crippen molar-refractivity contribution in [3.63, 3.8) is 0 Å². The first-order valence-corrected chi connectivity index (χ1v) is 4.16. The van der Waals surface area contributed by atoms with E-state index < -0.39 is 0 Å². The third-order valence-corrected chi connectivity index (χ3v) is 1.81. The molecule has 2 rings (SSSR count). The molecule has 0 bridgehead atoms. The molecule has 0 spiro atoms. The van der Waals surface area contributed by atoms with E-state index in [1.54, 1.807) is 6.08 Å². The molecule has 6 nitrogen and oxygen atoms in total. The highest BCUT2D eigenvalue weighted by Crippen LogP contribution is 2.17. The van der Waals surface area contributed by atoms with Crippen LogP contribution in [0.4, 0.5) is 0 Å². The summed E-state index contributed by atoms with van der Waals surface area (Å²) >= 11 is 0. The smallest absolute Gasteiger partial charge is 0.260 e. The number of aliphatic imine (C=N–C) groups is 1. The highest BCUT2D eigenvalue weighted by Gasteiger charge is 2.28. The maximum atomic E-state index is 11.4. The molecular formula is C8H9N5O. The molecule has 0 saturated heterocycles. The van der Waals surface area contributed by atoms with Gasteiger partial charge in [-0.25, -0.2) is 4.99 Å². The molecule has 0 atom stereocenters. The predicted octanol–water partition coefficient (Wildman–Crippen LogP) is -0.0748. The van der Waals surface area contributed by atoms with Crippen LogP contribution in [0.15, 0.2) is 39.3 Å². The number of rotatable bonds is 3. The Balaban J connectivity index is 2.29. The summed E-state index contributed by atoms with van der Waals surface area (Å²) < 4.78 is 0. The van der Waals surface area contributed by atoms with Gasteiger partial charge in [0.2, 0.25) is 0 Å². The van der Waals surface area contributed by atoms with Gasteiger partial charge in [0.1, 0.15) is 12.2 Å². The zero-order chi connectivity index (χ0) is 9.97. The van der Waals surface area contributed by atoms with Gasteiger partial charge in [-0.2, -0.15) is 0 Å². The molecule has 0 radical (unpaired) electrons. The Morgan fingerprint density at radius 2 is 2.43 bits per heavy atom. The van der Waals surface area contributed by atoms with Gasteiger partial charge in [-0.3, -0.25) is 4.79 Å². The molecular weight excluding hydrogens is 182 g/mol. The Bertz CT molecular complexity index is 379. The van der Waals surface area contributed by atoms with E-state index >= 15 is 0 Å². The summed E-state index contributed by atoms with van der Waals surface area (Å²) in [4.78, 5) is 15.4. The molecule has 14 heavy (non-hydrogen) atoms. The number of nitrogens with one attached hydrogen (secondary N) is 2. The minimum absolute atomic E-state index is 0.188. The van der Waals surface area contributed by atoms with Crippen molar-refractivity contribution in [2.45, 2.75) is 0 Å². The molecule has 6 heteroatoms. The third-order valence-electron chi connectivity index (χ3n) is 1.81. The molecule has 2 N–H and O–H groups in total. The summed E-state index contributed by atoms with van der Waals surface area (Å²) in [5.74, 6) is 0.674. The molecule has 1 amide bonds. The van der Waals surface area contributed by atoms with Gasteiger partial charge in [-0.05, 0) is 0 Å². The van der Waals surface area contributed by atoms with E-state index in [9.17, 15) is 4.79 Å². The van der Waals surface area contributed by atoms with Crippen molar-refractivity contribution < 1.29 is 4.79 Å². The Morgan fingerprint density at radius 1 is 1.57 bits per heavy atom. The number of fused-ring (bicyclic) bond motifs is 1. The van der Waals surface area contributed by atoms with Gasteiger partial charge >= 0.3 is 0 Å². The van der Waals surface area contributed by atoms with Gasteiger partial charge in [0.25, 0.3) is 5.91 Å². The van der Waals surface area contributed by atoms with Crippen molar-refractivity contribution >= 4 is 11.7 Å². The molecule has 0 fully saturated rings. The van der Waals surface area contributed by atoms with E-state index in [2.05, 4.69) is 32.4 Å². The van der Waals surface area contributed by atoms with E-state index in [-0.39, 0.29) is 12.6 Å². The predicted molar refractivity (Wildman–Crippen MR) is 50.5 cm³/mol. The van der Waals surface area contributed by atoms with Gasteiger partial charge < -0.3 is 10.6 Å². The van der Waals surface area contributed by atoms with Crippen LogP contribution >= 0.6 is 0 Å². The number of hydrogen-bond acceptors (Lipinski definition) is 5. The third kappa shape index (κ3) is 1.30. The maximum Gasteiger partial charge on any atom is 0.260 e. The van der Waals surface area contributed by atoms with Gasteiger partial charge in [-0.15, -0.1) is 16.8 Å². The number of hydrogen-bond donors (Lipinski definition) is 2. The number of azo groups is 1. The average molecular weight is 191 g/mol. The lowest BCUT2D eigenvalue weighted by atomic mass is 10.2. The molecule has 0 aromatic heterocycles. The van der Waals surface area contributed by atoms with E-state index in [0.717, 1.165) is 0 Å². The standard InChI is InChI=1S/C8H9N5O/c1-2-3-9-6-5-7(13-12-6)10-4-11-8(5)14/h2,9H,1,3-4H2,(H,11,14). The van der Waals surface area contributed by atoms with Crippen LogP contribution in [0.3, 0.4) is 0 Å². The van der Waals surface area contributed by atoms with Crippen LogP contribution in [-0.4, -0.2) is 25.0 Å². The first kappa shape index (κ1) is 8.61. The Hall–Kier alpha value is -1.98. The summed E-state index contributed by atoms with van der Waals surface area (Å²) in [6, 6.07) is 0. The van der Waals surface area contributed by atoms with Crippen LogP contribution in [0.5, 0.6) is 0 Å². The molecule has 0 unspecified atom stereocenters. The Morgan fingerprint density at radius 3 is 3.21 bits per heavy atom. The fourth-order valence-corrected chi connectivity index (χ4v) is 1.19. The van der Waals surface area contributed by atoms with Gasteiger partial charge in [0, 0.05) is 6.54 Å². The van der Waals surface area contributed by atoms with Crippen molar-refractivity contribution in [2.75, 3.05) is 13.2 Å². The second-order valence-electron chi connectivity index (χ2n) is 2.74. The SMILES string of the molecule is C=CCNC1=C2C(=O)NCN=C2N=N1. The largest absolute Gasteiger partial charge is 0.364 e. The Labute approximate surface area is 80.5 Å². The Kier molecular flexibility index (Phi) is 2.10. The van der Waals surface area contributed by atoms with Crippen LogP contribution in [0, 0.1) is 0 Å². The van der Waals surface area contributed by atoms with E-state index in [1.165, 1.54) is 0 Å². The monoisotopic (exact) mass is 191 g/mol. The number of amidine groups is 1. The van der Waals surface area contributed by atoms with Crippen molar-refractivity contribution in [2.24, 2.45) is 15.2 Å².